The molecule has 2 radical (unpaired) electrons. The molecule has 3 aliphatic rings. The molecule has 0 amide bonds. The van der Waals surface area contributed by atoms with Gasteiger partial charge in [0, 0.05) is 16.7 Å². The lowest BCUT2D eigenvalue weighted by molar-refractivity contribution is 0.173. The summed E-state index contributed by atoms with van der Waals surface area (Å²) >= 11 is 0. The van der Waals surface area contributed by atoms with Gasteiger partial charge < -0.3 is 4.42 Å². The van der Waals surface area contributed by atoms with E-state index in [1.54, 1.807) is 0 Å². The molecule has 4 atom stereocenters. The molecule has 0 bridgehead atoms. The molecule has 8 rings (SSSR count). The van der Waals surface area contributed by atoms with Crippen LogP contribution in [0.25, 0.3) is 27.5 Å². The van der Waals surface area contributed by atoms with E-state index in [0.29, 0.717) is 5.92 Å². The molecule has 1 aliphatic carbocycles. The molecule has 0 spiro atoms. The highest BCUT2D eigenvalue weighted by Gasteiger charge is 2.38. The van der Waals surface area contributed by atoms with E-state index in [2.05, 4.69) is 113 Å². The lowest BCUT2D eigenvalue weighted by Gasteiger charge is -2.43. The maximum absolute atomic E-state index is 6.25. The standard InChI is InChI=1S/C33H27N3OSi/c1-2-9-20(10-3-1)31-34-32(21-17-18-23-22-11-4-6-14-26(22)37-27(23)19-21)36-33(35-31)25-13-8-16-29-30(25)24-12-5-7-15-28(24)38-29/h1-12,14-19,25,31-36H,13H2. The summed E-state index contributed by atoms with van der Waals surface area (Å²) in [7, 11) is 0.736. The Balaban J connectivity index is 1.19. The van der Waals surface area contributed by atoms with Crippen molar-refractivity contribution in [3.05, 3.63) is 131 Å². The number of furan rings is 1. The molecule has 38 heavy (non-hydrogen) atoms. The molecule has 1 saturated heterocycles. The fourth-order valence-electron chi connectivity index (χ4n) is 6.32. The predicted octanol–water partition coefficient (Wildman–Crippen LogP) is 5.72. The monoisotopic (exact) mass is 509 g/mol. The van der Waals surface area contributed by atoms with E-state index in [1.165, 1.54) is 32.6 Å². The maximum atomic E-state index is 6.25. The summed E-state index contributed by atoms with van der Waals surface area (Å²) in [6, 6.07) is 34.5. The highest BCUT2D eigenvalue weighted by atomic mass is 28.2. The number of rotatable bonds is 3. The number of para-hydroxylation sites is 1. The van der Waals surface area contributed by atoms with E-state index < -0.39 is 0 Å². The molecular weight excluding hydrogens is 482 g/mol. The second kappa shape index (κ2) is 8.93. The van der Waals surface area contributed by atoms with Gasteiger partial charge in [-0.2, -0.15) is 0 Å². The molecule has 4 aromatic carbocycles. The first-order valence-electron chi connectivity index (χ1n) is 13.3. The van der Waals surface area contributed by atoms with E-state index in [-0.39, 0.29) is 18.5 Å². The Morgan fingerprint density at radius 1 is 0.684 bits per heavy atom. The summed E-state index contributed by atoms with van der Waals surface area (Å²) in [5.41, 5.74) is 7.21. The van der Waals surface area contributed by atoms with Gasteiger partial charge in [0.2, 0.25) is 0 Å². The predicted molar refractivity (Wildman–Crippen MR) is 155 cm³/mol. The van der Waals surface area contributed by atoms with Crippen molar-refractivity contribution in [1.82, 2.24) is 16.0 Å². The number of benzene rings is 4. The first-order chi connectivity index (χ1) is 18.8. The van der Waals surface area contributed by atoms with Crippen LogP contribution in [0.15, 0.2) is 119 Å². The molecule has 2 aliphatic heterocycles. The van der Waals surface area contributed by atoms with Crippen molar-refractivity contribution in [1.29, 1.82) is 0 Å². The molecule has 1 aromatic heterocycles. The van der Waals surface area contributed by atoms with Crippen LogP contribution in [0.5, 0.6) is 0 Å². The SMILES string of the molecule is C1=CC2=C(c3ccccc3[Si]2)C(C2NC(c3ccccc3)NC(c3ccc4c(c3)oc3ccccc34)N2)C1. The summed E-state index contributed by atoms with van der Waals surface area (Å²) in [6.45, 7) is 0. The van der Waals surface area contributed by atoms with Crippen molar-refractivity contribution in [3.63, 3.8) is 0 Å². The van der Waals surface area contributed by atoms with Gasteiger partial charge in [0.05, 0.1) is 18.5 Å². The maximum Gasteiger partial charge on any atom is 0.135 e. The van der Waals surface area contributed by atoms with E-state index >= 15 is 0 Å². The topological polar surface area (TPSA) is 49.2 Å². The number of nitrogens with one attached hydrogen (secondary N) is 3. The fourth-order valence-corrected chi connectivity index (χ4v) is 7.80. The molecular formula is C33H27N3OSi. The van der Waals surface area contributed by atoms with E-state index in [4.69, 9.17) is 4.42 Å². The molecule has 4 nitrogen and oxygen atoms in total. The average molecular weight is 510 g/mol. The largest absolute Gasteiger partial charge is 0.456 e. The highest BCUT2D eigenvalue weighted by Crippen LogP contribution is 2.40. The van der Waals surface area contributed by atoms with Crippen molar-refractivity contribution in [2.24, 2.45) is 5.92 Å². The van der Waals surface area contributed by atoms with Gasteiger partial charge in [-0.3, -0.25) is 16.0 Å². The number of allylic oxidation sites excluding steroid dienone is 3. The fraction of sp³-hybridized carbons (Fsp3) is 0.152. The van der Waals surface area contributed by atoms with Crippen molar-refractivity contribution >= 4 is 42.2 Å². The van der Waals surface area contributed by atoms with Gasteiger partial charge >= 0.3 is 0 Å². The smallest absolute Gasteiger partial charge is 0.135 e. The zero-order valence-electron chi connectivity index (χ0n) is 20.8. The van der Waals surface area contributed by atoms with Crippen LogP contribution in [0.4, 0.5) is 0 Å². The minimum atomic E-state index is -0.0295. The van der Waals surface area contributed by atoms with Gasteiger partial charge in [0.15, 0.2) is 0 Å². The molecule has 0 saturated carbocycles. The molecule has 184 valence electrons. The van der Waals surface area contributed by atoms with Gasteiger partial charge in [-0.05, 0) is 40.8 Å². The zero-order chi connectivity index (χ0) is 25.1. The molecule has 3 heterocycles. The Hall–Kier alpha value is -3.74. The van der Waals surface area contributed by atoms with Crippen LogP contribution in [0, 0.1) is 5.92 Å². The summed E-state index contributed by atoms with van der Waals surface area (Å²) in [5, 5.41) is 17.0. The van der Waals surface area contributed by atoms with Crippen LogP contribution in [0.2, 0.25) is 0 Å². The third-order valence-corrected chi connectivity index (χ3v) is 9.53. The summed E-state index contributed by atoms with van der Waals surface area (Å²) in [6.07, 6.45) is 5.82. The first-order valence-corrected chi connectivity index (χ1v) is 14.3. The second-order valence-corrected chi connectivity index (χ2v) is 11.7. The quantitative estimate of drug-likeness (QED) is 0.272. The molecule has 4 unspecified atom stereocenters. The Morgan fingerprint density at radius 3 is 2.37 bits per heavy atom. The van der Waals surface area contributed by atoms with Crippen LogP contribution in [0.3, 0.4) is 0 Å². The van der Waals surface area contributed by atoms with E-state index in [0.717, 1.165) is 37.9 Å². The molecule has 1 fully saturated rings. The molecule has 3 N–H and O–H groups in total. The lowest BCUT2D eigenvalue weighted by atomic mass is 9.83. The minimum Gasteiger partial charge on any atom is -0.456 e. The lowest BCUT2D eigenvalue weighted by Crippen LogP contribution is -2.61. The number of hydrogen-bond acceptors (Lipinski definition) is 4. The van der Waals surface area contributed by atoms with Crippen LogP contribution < -0.4 is 21.1 Å². The second-order valence-electron chi connectivity index (χ2n) is 10.4. The van der Waals surface area contributed by atoms with Crippen molar-refractivity contribution in [2.45, 2.75) is 24.9 Å². The number of fused-ring (bicyclic) bond motifs is 5. The first kappa shape index (κ1) is 22.3. The van der Waals surface area contributed by atoms with Crippen LogP contribution in [-0.2, 0) is 0 Å². The summed E-state index contributed by atoms with van der Waals surface area (Å²) < 4.78 is 6.25. The van der Waals surface area contributed by atoms with Crippen molar-refractivity contribution in [3.8, 4) is 0 Å². The Labute approximate surface area is 224 Å². The van der Waals surface area contributed by atoms with Crippen molar-refractivity contribution in [2.75, 3.05) is 0 Å². The average Bonchev–Trinajstić information content (AvgIpc) is 3.55. The normalized spacial score (nSPS) is 24.6. The summed E-state index contributed by atoms with van der Waals surface area (Å²) in [4.78, 5) is 0. The molecule has 5 aromatic rings. The molecule has 5 heteroatoms. The van der Waals surface area contributed by atoms with Gasteiger partial charge in [-0.15, -0.1) is 0 Å². The Morgan fingerprint density at radius 2 is 1.45 bits per heavy atom. The van der Waals surface area contributed by atoms with Crippen LogP contribution in [0.1, 0.15) is 35.4 Å². The minimum absolute atomic E-state index is 0.0212. The highest BCUT2D eigenvalue weighted by molar-refractivity contribution is 6.67. The van der Waals surface area contributed by atoms with E-state index in [1.807, 2.05) is 12.1 Å². The zero-order valence-corrected chi connectivity index (χ0v) is 21.8. The van der Waals surface area contributed by atoms with Gasteiger partial charge in [-0.25, -0.2) is 0 Å². The third-order valence-electron chi connectivity index (χ3n) is 8.12. The number of hydrogen-bond donors (Lipinski definition) is 3. The van der Waals surface area contributed by atoms with Crippen LogP contribution >= 0.6 is 0 Å². The van der Waals surface area contributed by atoms with Crippen LogP contribution in [-0.4, -0.2) is 15.7 Å². The Kier molecular flexibility index (Phi) is 5.23. The van der Waals surface area contributed by atoms with E-state index in [9.17, 15) is 0 Å². The van der Waals surface area contributed by atoms with Crippen molar-refractivity contribution < 1.29 is 4.42 Å². The summed E-state index contributed by atoms with van der Waals surface area (Å²) in [5.74, 6) is 0.344. The van der Waals surface area contributed by atoms with Gasteiger partial charge in [0.25, 0.3) is 0 Å². The third kappa shape index (κ3) is 3.62. The van der Waals surface area contributed by atoms with Gasteiger partial charge in [0.1, 0.15) is 20.7 Å². The Bertz CT molecular complexity index is 1740. The van der Waals surface area contributed by atoms with Gasteiger partial charge in [-0.1, -0.05) is 107 Å².